The van der Waals surface area contributed by atoms with Gasteiger partial charge in [-0.05, 0) is 25.0 Å². The molecule has 0 atom stereocenters. The first-order chi connectivity index (χ1) is 10.2. The molecule has 1 saturated carbocycles. The zero-order valence-electron chi connectivity index (χ0n) is 11.2. The Morgan fingerprint density at radius 2 is 2.19 bits per heavy atom. The van der Waals surface area contributed by atoms with E-state index in [1.807, 2.05) is 18.2 Å². The van der Waals surface area contributed by atoms with Crippen molar-refractivity contribution in [1.82, 2.24) is 14.9 Å². The number of hydrogen-bond acceptors (Lipinski definition) is 4. The number of nitrogens with zero attached hydrogens (tertiary/aromatic N) is 2. The molecule has 0 saturated heterocycles. The molecule has 4 rings (SSSR count). The summed E-state index contributed by atoms with van der Waals surface area (Å²) in [6.45, 7) is -0.0324. The van der Waals surface area contributed by atoms with Gasteiger partial charge in [-0.25, -0.2) is 4.98 Å². The number of benzene rings is 1. The topological polar surface area (TPSA) is 77.1 Å². The second-order valence-corrected chi connectivity index (χ2v) is 5.30. The van der Waals surface area contributed by atoms with Gasteiger partial charge in [0.2, 0.25) is 11.5 Å². The number of carbonyl (C=O) groups is 1. The molecule has 21 heavy (non-hydrogen) atoms. The Bertz CT molecular complexity index is 905. The number of nitrogens with one attached hydrogen (secondary N) is 1. The lowest BCUT2D eigenvalue weighted by molar-refractivity contribution is -0.121. The van der Waals surface area contributed by atoms with E-state index in [-0.39, 0.29) is 29.6 Å². The van der Waals surface area contributed by atoms with Crippen LogP contribution in [0.1, 0.15) is 12.8 Å². The molecule has 106 valence electrons. The number of furan rings is 1. The first-order valence-electron chi connectivity index (χ1n) is 6.88. The molecule has 0 spiro atoms. The van der Waals surface area contributed by atoms with Gasteiger partial charge < -0.3 is 9.73 Å². The van der Waals surface area contributed by atoms with E-state index in [0.717, 1.165) is 18.2 Å². The van der Waals surface area contributed by atoms with Gasteiger partial charge in [0.15, 0.2) is 0 Å². The molecule has 2 aromatic heterocycles. The molecule has 6 nitrogen and oxygen atoms in total. The number of rotatable bonds is 3. The molecule has 0 unspecified atom stereocenters. The van der Waals surface area contributed by atoms with Crippen molar-refractivity contribution in [1.29, 1.82) is 0 Å². The molecule has 2 heterocycles. The Kier molecular flexibility index (Phi) is 2.57. The van der Waals surface area contributed by atoms with Gasteiger partial charge in [-0.1, -0.05) is 12.1 Å². The normalized spacial score (nSPS) is 14.7. The molecule has 1 aromatic carbocycles. The predicted octanol–water partition coefficient (Wildman–Crippen LogP) is 1.42. The molecule has 1 fully saturated rings. The zero-order valence-corrected chi connectivity index (χ0v) is 11.2. The first-order valence-corrected chi connectivity index (χ1v) is 6.88. The summed E-state index contributed by atoms with van der Waals surface area (Å²) < 4.78 is 6.85. The van der Waals surface area contributed by atoms with Gasteiger partial charge in [0.25, 0.3) is 5.56 Å². The molecule has 1 amide bonds. The maximum Gasteiger partial charge on any atom is 0.297 e. The van der Waals surface area contributed by atoms with Crippen LogP contribution in [0, 0.1) is 0 Å². The van der Waals surface area contributed by atoms with Crippen LogP contribution >= 0.6 is 0 Å². The van der Waals surface area contributed by atoms with Crippen LogP contribution in [0.15, 0.2) is 39.8 Å². The van der Waals surface area contributed by atoms with Crippen LogP contribution in [0.25, 0.3) is 22.1 Å². The molecule has 1 aliphatic rings. The Morgan fingerprint density at radius 1 is 1.38 bits per heavy atom. The second-order valence-electron chi connectivity index (χ2n) is 5.30. The van der Waals surface area contributed by atoms with Crippen molar-refractivity contribution in [3.05, 3.63) is 40.9 Å². The van der Waals surface area contributed by atoms with Gasteiger partial charge in [-0.15, -0.1) is 0 Å². The van der Waals surface area contributed by atoms with Crippen LogP contribution in [0.4, 0.5) is 0 Å². The highest BCUT2D eigenvalue weighted by atomic mass is 16.3. The van der Waals surface area contributed by atoms with Crippen molar-refractivity contribution >= 4 is 28.0 Å². The highest BCUT2D eigenvalue weighted by molar-refractivity contribution is 6.01. The van der Waals surface area contributed by atoms with E-state index in [9.17, 15) is 9.59 Å². The van der Waals surface area contributed by atoms with E-state index in [0.29, 0.717) is 11.1 Å². The van der Waals surface area contributed by atoms with Crippen LogP contribution in [-0.4, -0.2) is 21.5 Å². The molecule has 0 radical (unpaired) electrons. The molecular weight excluding hydrogens is 270 g/mol. The van der Waals surface area contributed by atoms with Crippen LogP contribution in [0.5, 0.6) is 0 Å². The van der Waals surface area contributed by atoms with E-state index >= 15 is 0 Å². The van der Waals surface area contributed by atoms with Crippen molar-refractivity contribution < 1.29 is 9.21 Å². The molecule has 6 heteroatoms. The number of fused-ring (bicyclic) bond motifs is 3. The predicted molar refractivity (Wildman–Crippen MR) is 76.9 cm³/mol. The van der Waals surface area contributed by atoms with Crippen molar-refractivity contribution in [2.24, 2.45) is 0 Å². The Balaban J connectivity index is 1.76. The van der Waals surface area contributed by atoms with Crippen molar-refractivity contribution in [2.75, 3.05) is 0 Å². The van der Waals surface area contributed by atoms with Gasteiger partial charge in [-0.3, -0.25) is 14.2 Å². The lowest BCUT2D eigenvalue weighted by atomic mass is 10.2. The molecule has 0 bridgehead atoms. The summed E-state index contributed by atoms with van der Waals surface area (Å²) >= 11 is 0. The largest absolute Gasteiger partial charge is 0.448 e. The maximum absolute atomic E-state index is 12.4. The minimum Gasteiger partial charge on any atom is -0.448 e. The number of hydrogen-bond donors (Lipinski definition) is 1. The Morgan fingerprint density at radius 3 is 3.00 bits per heavy atom. The third-order valence-corrected chi connectivity index (χ3v) is 3.61. The van der Waals surface area contributed by atoms with E-state index in [4.69, 9.17) is 4.42 Å². The quantitative estimate of drug-likeness (QED) is 0.788. The molecule has 1 aliphatic carbocycles. The highest BCUT2D eigenvalue weighted by Crippen LogP contribution is 2.24. The monoisotopic (exact) mass is 283 g/mol. The second kappa shape index (κ2) is 4.44. The van der Waals surface area contributed by atoms with Crippen LogP contribution < -0.4 is 10.9 Å². The average Bonchev–Trinajstić information content (AvgIpc) is 3.20. The molecule has 1 N–H and O–H groups in total. The lowest BCUT2D eigenvalue weighted by Crippen LogP contribution is -2.33. The van der Waals surface area contributed by atoms with E-state index < -0.39 is 0 Å². The number of para-hydroxylation sites is 1. The van der Waals surface area contributed by atoms with Crippen molar-refractivity contribution in [3.8, 4) is 0 Å². The van der Waals surface area contributed by atoms with E-state index in [1.165, 1.54) is 10.9 Å². The van der Waals surface area contributed by atoms with Gasteiger partial charge in [0.1, 0.15) is 17.6 Å². The summed E-state index contributed by atoms with van der Waals surface area (Å²) in [6.07, 6.45) is 3.43. The van der Waals surface area contributed by atoms with Crippen LogP contribution in [0.3, 0.4) is 0 Å². The molecule has 3 aromatic rings. The van der Waals surface area contributed by atoms with Gasteiger partial charge >= 0.3 is 0 Å². The minimum absolute atomic E-state index is 0.0324. The summed E-state index contributed by atoms with van der Waals surface area (Å²) in [6, 6.07) is 7.63. The SMILES string of the molecule is O=C(Cn1cnc2c(oc3ccccc32)c1=O)NC1CC1. The number of carbonyl (C=O) groups excluding carboxylic acids is 1. The smallest absolute Gasteiger partial charge is 0.297 e. The average molecular weight is 283 g/mol. The number of aromatic nitrogens is 2. The molecular formula is C15H13N3O3. The maximum atomic E-state index is 12.4. The van der Waals surface area contributed by atoms with Crippen molar-refractivity contribution in [2.45, 2.75) is 25.4 Å². The van der Waals surface area contributed by atoms with Crippen LogP contribution in [0.2, 0.25) is 0 Å². The summed E-state index contributed by atoms with van der Waals surface area (Å²) in [5.74, 6) is -0.170. The van der Waals surface area contributed by atoms with E-state index in [1.54, 1.807) is 6.07 Å². The fraction of sp³-hybridized carbons (Fsp3) is 0.267. The zero-order chi connectivity index (χ0) is 14.4. The number of amides is 1. The van der Waals surface area contributed by atoms with E-state index in [2.05, 4.69) is 10.3 Å². The fourth-order valence-electron chi connectivity index (χ4n) is 2.38. The van der Waals surface area contributed by atoms with Crippen LogP contribution in [-0.2, 0) is 11.3 Å². The van der Waals surface area contributed by atoms with Gasteiger partial charge in [-0.2, -0.15) is 0 Å². The van der Waals surface area contributed by atoms with Gasteiger partial charge in [0.05, 0.1) is 6.33 Å². The third kappa shape index (κ3) is 2.08. The summed E-state index contributed by atoms with van der Waals surface area (Å²) in [7, 11) is 0. The summed E-state index contributed by atoms with van der Waals surface area (Å²) in [4.78, 5) is 28.4. The van der Waals surface area contributed by atoms with Gasteiger partial charge in [0, 0.05) is 11.4 Å². The third-order valence-electron chi connectivity index (χ3n) is 3.61. The minimum atomic E-state index is -0.331. The highest BCUT2D eigenvalue weighted by Gasteiger charge is 2.23. The summed E-state index contributed by atoms with van der Waals surface area (Å²) in [5.41, 5.74) is 1.02. The Hall–Kier alpha value is -2.63. The van der Waals surface area contributed by atoms with Crippen molar-refractivity contribution in [3.63, 3.8) is 0 Å². The Labute approximate surface area is 119 Å². The first kappa shape index (κ1) is 12.1. The lowest BCUT2D eigenvalue weighted by Gasteiger charge is -2.05. The standard InChI is InChI=1S/C15H13N3O3/c19-12(17-9-5-6-9)7-18-8-16-13-10-3-1-2-4-11(10)21-14(13)15(18)20/h1-4,8-9H,5-7H2,(H,17,19). The fourth-order valence-corrected chi connectivity index (χ4v) is 2.38. The summed E-state index contributed by atoms with van der Waals surface area (Å²) in [5, 5.41) is 3.65. The molecule has 0 aliphatic heterocycles.